The van der Waals surface area contributed by atoms with Gasteiger partial charge in [0.2, 0.25) is 5.91 Å². The fourth-order valence-electron chi connectivity index (χ4n) is 2.33. The summed E-state index contributed by atoms with van der Waals surface area (Å²) in [5.74, 6) is 0.292. The zero-order valence-corrected chi connectivity index (χ0v) is 15.0. The molecule has 0 spiro atoms. The van der Waals surface area contributed by atoms with E-state index in [0.717, 1.165) is 5.65 Å². The fourth-order valence-corrected chi connectivity index (χ4v) is 2.33. The van der Waals surface area contributed by atoms with Crippen LogP contribution in [0.25, 0.3) is 5.65 Å². The van der Waals surface area contributed by atoms with Crippen LogP contribution in [0.1, 0.15) is 37.0 Å². The Balaban J connectivity index is 1.68. The molecule has 0 aliphatic rings. The van der Waals surface area contributed by atoms with Gasteiger partial charge < -0.3 is 10.6 Å². The third-order valence-electron chi connectivity index (χ3n) is 3.86. The van der Waals surface area contributed by atoms with E-state index < -0.39 is 5.41 Å². The van der Waals surface area contributed by atoms with Gasteiger partial charge in [0.25, 0.3) is 5.91 Å². The minimum Gasteiger partial charge on any atom is -0.345 e. The molecule has 1 aromatic carbocycles. The summed E-state index contributed by atoms with van der Waals surface area (Å²) in [5, 5.41) is 13.8. The minimum absolute atomic E-state index is 0.106. The molecule has 2 heterocycles. The first-order valence-corrected chi connectivity index (χ1v) is 8.33. The lowest BCUT2D eigenvalue weighted by molar-refractivity contribution is -0.123. The lowest BCUT2D eigenvalue weighted by Gasteiger charge is -2.18. The van der Waals surface area contributed by atoms with E-state index in [1.807, 2.05) is 49.6 Å². The summed E-state index contributed by atoms with van der Waals surface area (Å²) in [6.07, 6.45) is 1.85. The highest BCUT2D eigenvalue weighted by Gasteiger charge is 2.21. The number of hydrogen-bond donors (Lipinski definition) is 2. The highest BCUT2D eigenvalue weighted by atomic mass is 16.2. The Hall–Kier alpha value is -3.22. The van der Waals surface area contributed by atoms with Crippen molar-refractivity contribution in [1.29, 1.82) is 0 Å². The van der Waals surface area contributed by atoms with Crippen LogP contribution in [0.4, 0.5) is 5.69 Å². The van der Waals surface area contributed by atoms with Gasteiger partial charge in [-0.1, -0.05) is 32.9 Å². The van der Waals surface area contributed by atoms with Crippen LogP contribution in [0.15, 0.2) is 48.7 Å². The Morgan fingerprint density at radius 3 is 2.65 bits per heavy atom. The van der Waals surface area contributed by atoms with Crippen molar-refractivity contribution in [1.82, 2.24) is 19.9 Å². The Labute approximate surface area is 151 Å². The van der Waals surface area contributed by atoms with Crippen molar-refractivity contribution in [2.75, 3.05) is 5.32 Å². The normalized spacial score (nSPS) is 11.3. The van der Waals surface area contributed by atoms with Gasteiger partial charge in [-0.2, -0.15) is 0 Å². The molecule has 7 nitrogen and oxygen atoms in total. The van der Waals surface area contributed by atoms with E-state index in [4.69, 9.17) is 0 Å². The predicted octanol–water partition coefficient (Wildman–Crippen LogP) is 2.64. The van der Waals surface area contributed by atoms with E-state index in [1.165, 1.54) is 0 Å². The van der Waals surface area contributed by atoms with Gasteiger partial charge in [0.05, 0.1) is 6.54 Å². The van der Waals surface area contributed by atoms with Gasteiger partial charge in [0, 0.05) is 22.9 Å². The number of carbonyl (C=O) groups is 2. The topological polar surface area (TPSA) is 88.4 Å². The van der Waals surface area contributed by atoms with E-state index in [1.54, 1.807) is 24.3 Å². The first-order chi connectivity index (χ1) is 12.3. The van der Waals surface area contributed by atoms with E-state index in [0.29, 0.717) is 17.1 Å². The van der Waals surface area contributed by atoms with Crippen LogP contribution in [0.5, 0.6) is 0 Å². The molecule has 0 atom stereocenters. The van der Waals surface area contributed by atoms with Crippen molar-refractivity contribution < 1.29 is 9.59 Å². The molecule has 2 N–H and O–H groups in total. The van der Waals surface area contributed by atoms with Gasteiger partial charge in [-0.25, -0.2) is 0 Å². The molecule has 134 valence electrons. The highest BCUT2D eigenvalue weighted by Crippen LogP contribution is 2.18. The predicted molar refractivity (Wildman–Crippen MR) is 98.7 cm³/mol. The second-order valence-corrected chi connectivity index (χ2v) is 7.01. The molecule has 0 bridgehead atoms. The molecule has 3 aromatic rings. The third kappa shape index (κ3) is 3.88. The van der Waals surface area contributed by atoms with Crippen LogP contribution in [-0.2, 0) is 11.3 Å². The van der Waals surface area contributed by atoms with Gasteiger partial charge >= 0.3 is 0 Å². The Kier molecular flexibility index (Phi) is 4.71. The van der Waals surface area contributed by atoms with Crippen molar-refractivity contribution in [2.24, 2.45) is 5.41 Å². The number of nitrogens with one attached hydrogen (secondary N) is 2. The number of hydrogen-bond acceptors (Lipinski definition) is 4. The Bertz CT molecular complexity index is 956. The Morgan fingerprint density at radius 2 is 1.88 bits per heavy atom. The molecule has 0 aliphatic heterocycles. The van der Waals surface area contributed by atoms with Gasteiger partial charge in [-0.3, -0.25) is 14.0 Å². The van der Waals surface area contributed by atoms with Crippen LogP contribution in [0, 0.1) is 5.41 Å². The van der Waals surface area contributed by atoms with Crippen LogP contribution < -0.4 is 10.6 Å². The molecule has 2 aromatic heterocycles. The first-order valence-electron chi connectivity index (χ1n) is 8.33. The summed E-state index contributed by atoms with van der Waals surface area (Å²) in [5.41, 5.74) is 1.27. The molecular formula is C19H21N5O2. The molecule has 0 aliphatic carbocycles. The number of carbonyl (C=O) groups excluding carboxylic acids is 2. The quantitative estimate of drug-likeness (QED) is 0.756. The minimum atomic E-state index is -0.507. The zero-order valence-electron chi connectivity index (χ0n) is 15.0. The molecule has 26 heavy (non-hydrogen) atoms. The molecule has 0 radical (unpaired) electrons. The van der Waals surface area contributed by atoms with E-state index in [9.17, 15) is 9.59 Å². The standard InChI is InChI=1S/C19H21N5O2/c1-19(2,3)18(26)21-14-8-6-7-13(11-14)17(25)20-12-16-23-22-15-9-4-5-10-24(15)16/h4-11H,12H2,1-3H3,(H,20,25)(H,21,26). The SMILES string of the molecule is CC(C)(C)C(=O)Nc1cccc(C(=O)NCc2nnc3ccccn23)c1. The molecule has 0 unspecified atom stereocenters. The number of amides is 2. The number of benzene rings is 1. The van der Waals surface area contributed by atoms with Crippen LogP contribution in [-0.4, -0.2) is 26.4 Å². The Morgan fingerprint density at radius 1 is 1.08 bits per heavy atom. The monoisotopic (exact) mass is 351 g/mol. The zero-order chi connectivity index (χ0) is 18.7. The second-order valence-electron chi connectivity index (χ2n) is 7.01. The molecule has 7 heteroatoms. The summed E-state index contributed by atoms with van der Waals surface area (Å²) in [4.78, 5) is 24.5. The van der Waals surface area contributed by atoms with E-state index in [2.05, 4.69) is 20.8 Å². The molecule has 2 amide bonds. The maximum absolute atomic E-state index is 12.4. The maximum atomic E-state index is 12.4. The summed E-state index contributed by atoms with van der Waals surface area (Å²) >= 11 is 0. The number of rotatable bonds is 4. The van der Waals surface area contributed by atoms with Crippen LogP contribution >= 0.6 is 0 Å². The van der Waals surface area contributed by atoms with Crippen molar-refractivity contribution >= 4 is 23.1 Å². The number of nitrogens with zero attached hydrogens (tertiary/aromatic N) is 3. The largest absolute Gasteiger partial charge is 0.345 e. The lowest BCUT2D eigenvalue weighted by atomic mass is 9.95. The maximum Gasteiger partial charge on any atom is 0.251 e. The van der Waals surface area contributed by atoms with Gasteiger partial charge in [0.15, 0.2) is 11.5 Å². The van der Waals surface area contributed by atoms with Gasteiger partial charge in [-0.05, 0) is 30.3 Å². The average Bonchev–Trinajstić information content (AvgIpc) is 3.02. The van der Waals surface area contributed by atoms with Crippen LogP contribution in [0.3, 0.4) is 0 Å². The summed E-state index contributed by atoms with van der Waals surface area (Å²) in [6, 6.07) is 12.4. The highest BCUT2D eigenvalue weighted by molar-refractivity contribution is 5.98. The molecule has 0 saturated carbocycles. The fraction of sp³-hybridized carbons (Fsp3) is 0.263. The summed E-state index contributed by atoms with van der Waals surface area (Å²) in [6.45, 7) is 5.76. The number of fused-ring (bicyclic) bond motifs is 1. The molecule has 0 fully saturated rings. The third-order valence-corrected chi connectivity index (χ3v) is 3.86. The van der Waals surface area contributed by atoms with Crippen molar-refractivity contribution in [3.63, 3.8) is 0 Å². The summed E-state index contributed by atoms with van der Waals surface area (Å²) in [7, 11) is 0. The smallest absolute Gasteiger partial charge is 0.251 e. The van der Waals surface area contributed by atoms with Crippen molar-refractivity contribution in [2.45, 2.75) is 27.3 Å². The molecule has 0 saturated heterocycles. The van der Waals surface area contributed by atoms with E-state index in [-0.39, 0.29) is 18.4 Å². The van der Waals surface area contributed by atoms with Gasteiger partial charge in [0.1, 0.15) is 0 Å². The second kappa shape index (κ2) is 6.95. The molecule has 3 rings (SSSR count). The number of aromatic nitrogens is 3. The van der Waals surface area contributed by atoms with Gasteiger partial charge in [-0.15, -0.1) is 10.2 Å². The van der Waals surface area contributed by atoms with Crippen LogP contribution in [0.2, 0.25) is 0 Å². The number of anilines is 1. The van der Waals surface area contributed by atoms with Crippen molar-refractivity contribution in [3.05, 3.63) is 60.0 Å². The number of pyridine rings is 1. The lowest BCUT2D eigenvalue weighted by Crippen LogP contribution is -2.28. The summed E-state index contributed by atoms with van der Waals surface area (Å²) < 4.78 is 1.82. The first kappa shape index (κ1) is 17.6. The molecular weight excluding hydrogens is 330 g/mol. The van der Waals surface area contributed by atoms with E-state index >= 15 is 0 Å². The average molecular weight is 351 g/mol. The van der Waals surface area contributed by atoms with Crippen molar-refractivity contribution in [3.8, 4) is 0 Å².